The van der Waals surface area contributed by atoms with Gasteiger partial charge in [0.1, 0.15) is 29.1 Å². The summed E-state index contributed by atoms with van der Waals surface area (Å²) in [4.78, 5) is 14.3. The summed E-state index contributed by atoms with van der Waals surface area (Å²) in [6.45, 7) is 1.35. The fourth-order valence-corrected chi connectivity index (χ4v) is 2.48. The van der Waals surface area contributed by atoms with E-state index in [9.17, 15) is 20.1 Å². The zero-order chi connectivity index (χ0) is 18.8. The van der Waals surface area contributed by atoms with Crippen molar-refractivity contribution in [1.82, 2.24) is 4.90 Å². The van der Waals surface area contributed by atoms with E-state index in [4.69, 9.17) is 9.15 Å². The Bertz CT molecular complexity index is 992. The highest BCUT2D eigenvalue weighted by Gasteiger charge is 2.17. The van der Waals surface area contributed by atoms with Crippen LogP contribution in [-0.2, 0) is 0 Å². The van der Waals surface area contributed by atoms with Gasteiger partial charge in [0.05, 0.1) is 0 Å². The molecule has 0 unspecified atom stereocenters. The lowest BCUT2D eigenvalue weighted by Gasteiger charge is -2.11. The minimum Gasteiger partial charge on any atom is -0.504 e. The Morgan fingerprint density at radius 3 is 2.38 bits per heavy atom. The summed E-state index contributed by atoms with van der Waals surface area (Å²) in [5.41, 5.74) is 0.0861. The molecule has 0 saturated heterocycles. The Labute approximate surface area is 149 Å². The summed E-state index contributed by atoms with van der Waals surface area (Å²) in [7, 11) is 3.92. The quantitative estimate of drug-likeness (QED) is 0.603. The van der Waals surface area contributed by atoms with E-state index < -0.39 is 22.7 Å². The molecule has 3 aromatic rings. The molecule has 7 heteroatoms. The Kier molecular flexibility index (Phi) is 4.73. The van der Waals surface area contributed by atoms with Crippen molar-refractivity contribution in [3.63, 3.8) is 0 Å². The summed E-state index contributed by atoms with van der Waals surface area (Å²) in [6.07, 6.45) is 0. The normalized spacial score (nSPS) is 11.2. The Morgan fingerprint density at radius 2 is 1.73 bits per heavy atom. The third kappa shape index (κ3) is 3.43. The summed E-state index contributed by atoms with van der Waals surface area (Å²) in [5, 5.41) is 28.8. The molecule has 0 radical (unpaired) electrons. The lowest BCUT2D eigenvalue weighted by Crippen LogP contribution is -2.19. The standard InChI is InChI=1S/C19H19NO6/c1-20(2)7-8-25-12-5-3-11(4-6-12)15-9-13(21)17-16(26-15)10-14(22)18(23)19(17)24/h3-6,9-10,22-24H,7-8H2,1-2H3. The monoisotopic (exact) mass is 357 g/mol. The van der Waals surface area contributed by atoms with E-state index in [2.05, 4.69) is 0 Å². The first kappa shape index (κ1) is 17.6. The second kappa shape index (κ2) is 6.97. The Balaban J connectivity index is 1.93. The van der Waals surface area contributed by atoms with E-state index >= 15 is 0 Å². The molecule has 0 amide bonds. The first-order chi connectivity index (χ1) is 12.4. The van der Waals surface area contributed by atoms with Crippen LogP contribution < -0.4 is 10.2 Å². The zero-order valence-corrected chi connectivity index (χ0v) is 14.4. The number of phenolic OH excluding ortho intramolecular Hbond substituents is 3. The molecule has 3 N–H and O–H groups in total. The van der Waals surface area contributed by atoms with Crippen LogP contribution in [0.15, 0.2) is 45.6 Å². The van der Waals surface area contributed by atoms with E-state index in [0.29, 0.717) is 17.9 Å². The van der Waals surface area contributed by atoms with Gasteiger partial charge in [0.25, 0.3) is 0 Å². The molecule has 0 fully saturated rings. The summed E-state index contributed by atoms with van der Waals surface area (Å²) >= 11 is 0. The van der Waals surface area contributed by atoms with Gasteiger partial charge in [-0.15, -0.1) is 0 Å². The van der Waals surface area contributed by atoms with Gasteiger partial charge in [-0.2, -0.15) is 0 Å². The van der Waals surface area contributed by atoms with E-state index in [-0.39, 0.29) is 16.7 Å². The van der Waals surface area contributed by atoms with Crippen LogP contribution in [0.3, 0.4) is 0 Å². The fourth-order valence-electron chi connectivity index (χ4n) is 2.48. The SMILES string of the molecule is CN(C)CCOc1ccc(-c2cc(=O)c3c(O)c(O)c(O)cc3o2)cc1. The summed E-state index contributed by atoms with van der Waals surface area (Å²) < 4.78 is 11.2. The number of fused-ring (bicyclic) bond motifs is 1. The molecule has 136 valence electrons. The van der Waals surface area contributed by atoms with Gasteiger partial charge >= 0.3 is 0 Å². The molecule has 0 aliphatic rings. The second-order valence-electron chi connectivity index (χ2n) is 6.12. The topological polar surface area (TPSA) is 103 Å². The predicted octanol–water partition coefficient (Wildman–Crippen LogP) is 2.52. The van der Waals surface area contributed by atoms with Crippen molar-refractivity contribution in [3.8, 4) is 34.3 Å². The number of rotatable bonds is 5. The largest absolute Gasteiger partial charge is 0.504 e. The number of hydrogen-bond donors (Lipinski definition) is 3. The van der Waals surface area contributed by atoms with E-state index in [1.165, 1.54) is 6.07 Å². The van der Waals surface area contributed by atoms with Gasteiger partial charge in [0.2, 0.25) is 5.75 Å². The van der Waals surface area contributed by atoms with Crippen molar-refractivity contribution in [2.24, 2.45) is 0 Å². The van der Waals surface area contributed by atoms with Crippen molar-refractivity contribution in [2.45, 2.75) is 0 Å². The average Bonchev–Trinajstić information content (AvgIpc) is 2.59. The molecule has 0 bridgehead atoms. The Hall–Kier alpha value is -3.19. The smallest absolute Gasteiger partial charge is 0.201 e. The maximum Gasteiger partial charge on any atom is 0.201 e. The highest BCUT2D eigenvalue weighted by Crippen LogP contribution is 2.40. The molecule has 0 aliphatic heterocycles. The third-order valence-electron chi connectivity index (χ3n) is 3.89. The molecule has 0 atom stereocenters. The summed E-state index contributed by atoms with van der Waals surface area (Å²) in [6, 6.07) is 9.33. The maximum atomic E-state index is 12.3. The fraction of sp³-hybridized carbons (Fsp3) is 0.211. The molecule has 1 heterocycles. The first-order valence-corrected chi connectivity index (χ1v) is 7.96. The van der Waals surface area contributed by atoms with Crippen molar-refractivity contribution in [3.05, 3.63) is 46.6 Å². The molecular formula is C19H19NO6. The molecule has 3 rings (SSSR count). The van der Waals surface area contributed by atoms with E-state index in [1.807, 2.05) is 19.0 Å². The highest BCUT2D eigenvalue weighted by atomic mass is 16.5. The van der Waals surface area contributed by atoms with Crippen LogP contribution in [0.4, 0.5) is 0 Å². The second-order valence-corrected chi connectivity index (χ2v) is 6.12. The number of ether oxygens (including phenoxy) is 1. The average molecular weight is 357 g/mol. The molecule has 0 aliphatic carbocycles. The number of hydrogen-bond acceptors (Lipinski definition) is 7. The van der Waals surface area contributed by atoms with E-state index in [0.717, 1.165) is 12.6 Å². The van der Waals surface area contributed by atoms with Crippen molar-refractivity contribution >= 4 is 11.0 Å². The molecule has 0 spiro atoms. The lowest BCUT2D eigenvalue weighted by molar-refractivity contribution is 0.261. The van der Waals surface area contributed by atoms with Crippen LogP contribution >= 0.6 is 0 Å². The van der Waals surface area contributed by atoms with Crippen LogP contribution in [0, 0.1) is 0 Å². The Morgan fingerprint density at radius 1 is 1.04 bits per heavy atom. The van der Waals surface area contributed by atoms with Crippen LogP contribution in [0.1, 0.15) is 0 Å². The summed E-state index contributed by atoms with van der Waals surface area (Å²) in [5.74, 6) is -1.06. The number of nitrogens with zero attached hydrogens (tertiary/aromatic N) is 1. The van der Waals surface area contributed by atoms with Crippen LogP contribution in [0.25, 0.3) is 22.3 Å². The van der Waals surface area contributed by atoms with Gasteiger partial charge in [0.15, 0.2) is 16.9 Å². The predicted molar refractivity (Wildman–Crippen MR) is 97.0 cm³/mol. The molecular weight excluding hydrogens is 338 g/mol. The van der Waals surface area contributed by atoms with Gasteiger partial charge < -0.3 is 29.4 Å². The van der Waals surface area contributed by atoms with Crippen molar-refractivity contribution in [1.29, 1.82) is 0 Å². The van der Waals surface area contributed by atoms with Gasteiger partial charge in [-0.3, -0.25) is 4.79 Å². The maximum absolute atomic E-state index is 12.3. The lowest BCUT2D eigenvalue weighted by atomic mass is 10.1. The zero-order valence-electron chi connectivity index (χ0n) is 14.4. The highest BCUT2D eigenvalue weighted by molar-refractivity contribution is 5.89. The van der Waals surface area contributed by atoms with Gasteiger partial charge in [-0.05, 0) is 38.4 Å². The number of benzene rings is 2. The van der Waals surface area contributed by atoms with Crippen molar-refractivity contribution < 1.29 is 24.5 Å². The molecule has 7 nitrogen and oxygen atoms in total. The first-order valence-electron chi connectivity index (χ1n) is 7.96. The molecule has 1 aromatic heterocycles. The van der Waals surface area contributed by atoms with E-state index in [1.54, 1.807) is 24.3 Å². The number of likely N-dealkylation sites (N-methyl/N-ethyl adjacent to an activating group) is 1. The van der Waals surface area contributed by atoms with Crippen LogP contribution in [0.5, 0.6) is 23.0 Å². The van der Waals surface area contributed by atoms with Gasteiger partial charge in [0, 0.05) is 24.2 Å². The van der Waals surface area contributed by atoms with Crippen LogP contribution in [-0.4, -0.2) is 47.5 Å². The number of phenols is 3. The number of aromatic hydroxyl groups is 3. The molecule has 2 aromatic carbocycles. The van der Waals surface area contributed by atoms with Crippen molar-refractivity contribution in [2.75, 3.05) is 27.2 Å². The molecule has 26 heavy (non-hydrogen) atoms. The van der Waals surface area contributed by atoms with Gasteiger partial charge in [-0.1, -0.05) is 0 Å². The minimum absolute atomic E-state index is 0.0217. The van der Waals surface area contributed by atoms with Gasteiger partial charge in [-0.25, -0.2) is 0 Å². The molecule has 0 saturated carbocycles. The third-order valence-corrected chi connectivity index (χ3v) is 3.89. The van der Waals surface area contributed by atoms with Crippen LogP contribution in [0.2, 0.25) is 0 Å². The minimum atomic E-state index is -0.753.